The van der Waals surface area contributed by atoms with Gasteiger partial charge in [-0.15, -0.1) is 0 Å². The fourth-order valence-corrected chi connectivity index (χ4v) is 2.44. The lowest BCUT2D eigenvalue weighted by Crippen LogP contribution is -2.14. The first-order valence-electron chi connectivity index (χ1n) is 7.83. The molecule has 0 saturated heterocycles. The zero-order valence-electron chi connectivity index (χ0n) is 14.2. The first-order valence-corrected chi connectivity index (χ1v) is 7.83. The van der Waals surface area contributed by atoms with Gasteiger partial charge in [0.25, 0.3) is 0 Å². The zero-order chi connectivity index (χ0) is 18.2. The van der Waals surface area contributed by atoms with E-state index in [4.69, 9.17) is 14.6 Å². The normalized spacial score (nSPS) is 10.2. The molecule has 0 spiro atoms. The minimum atomic E-state index is -0.845. The van der Waals surface area contributed by atoms with Crippen LogP contribution in [0.2, 0.25) is 0 Å². The maximum Gasteiger partial charge on any atom is 0.303 e. The summed E-state index contributed by atoms with van der Waals surface area (Å²) in [7, 11) is 3.10. The quantitative estimate of drug-likeness (QED) is 0.770. The first-order chi connectivity index (χ1) is 12.0. The van der Waals surface area contributed by atoms with E-state index in [-0.39, 0.29) is 18.7 Å². The predicted molar refractivity (Wildman–Crippen MR) is 94.3 cm³/mol. The average molecular weight is 343 g/mol. The van der Waals surface area contributed by atoms with E-state index in [2.05, 4.69) is 5.32 Å². The van der Waals surface area contributed by atoms with E-state index in [1.807, 2.05) is 12.1 Å². The van der Waals surface area contributed by atoms with Crippen LogP contribution in [-0.4, -0.2) is 31.2 Å². The molecule has 6 heteroatoms. The van der Waals surface area contributed by atoms with Gasteiger partial charge in [0.15, 0.2) is 11.5 Å². The highest BCUT2D eigenvalue weighted by atomic mass is 16.5. The van der Waals surface area contributed by atoms with Gasteiger partial charge in [0, 0.05) is 12.1 Å². The van der Waals surface area contributed by atoms with Crippen molar-refractivity contribution in [2.45, 2.75) is 19.3 Å². The molecular weight excluding hydrogens is 322 g/mol. The number of anilines is 1. The molecule has 0 heterocycles. The number of methoxy groups -OCH3 is 2. The Labute approximate surface area is 146 Å². The van der Waals surface area contributed by atoms with E-state index < -0.39 is 5.97 Å². The SMILES string of the molecule is COc1ccc(CC(=O)Nc2cccc(CCC(=O)O)c2)cc1OC. The molecule has 0 saturated carbocycles. The third-order valence-corrected chi connectivity index (χ3v) is 3.65. The molecule has 6 nitrogen and oxygen atoms in total. The molecular formula is C19H21NO5. The predicted octanol–water partition coefficient (Wildman–Crippen LogP) is 2.90. The van der Waals surface area contributed by atoms with Crippen LogP contribution in [0.3, 0.4) is 0 Å². The van der Waals surface area contributed by atoms with E-state index in [9.17, 15) is 9.59 Å². The van der Waals surface area contributed by atoms with Gasteiger partial charge in [-0.1, -0.05) is 18.2 Å². The van der Waals surface area contributed by atoms with Gasteiger partial charge in [-0.2, -0.15) is 0 Å². The van der Waals surface area contributed by atoms with Crippen LogP contribution in [0.4, 0.5) is 5.69 Å². The van der Waals surface area contributed by atoms with Crippen molar-refractivity contribution in [2.24, 2.45) is 0 Å². The van der Waals surface area contributed by atoms with Gasteiger partial charge in [0.1, 0.15) is 0 Å². The Kier molecular flexibility index (Phi) is 6.39. The van der Waals surface area contributed by atoms with Gasteiger partial charge in [0.2, 0.25) is 5.91 Å². The van der Waals surface area contributed by atoms with Gasteiger partial charge in [-0.3, -0.25) is 9.59 Å². The van der Waals surface area contributed by atoms with E-state index in [0.29, 0.717) is 23.6 Å². The van der Waals surface area contributed by atoms with Gasteiger partial charge in [0.05, 0.1) is 20.6 Å². The smallest absolute Gasteiger partial charge is 0.303 e. The topological polar surface area (TPSA) is 84.9 Å². The van der Waals surface area contributed by atoms with Crippen LogP contribution in [0.1, 0.15) is 17.5 Å². The summed E-state index contributed by atoms with van der Waals surface area (Å²) < 4.78 is 10.4. The zero-order valence-corrected chi connectivity index (χ0v) is 14.2. The van der Waals surface area contributed by atoms with Crippen molar-refractivity contribution in [3.05, 3.63) is 53.6 Å². The highest BCUT2D eigenvalue weighted by Crippen LogP contribution is 2.27. The van der Waals surface area contributed by atoms with Gasteiger partial charge >= 0.3 is 5.97 Å². The molecule has 0 aromatic heterocycles. The fraction of sp³-hybridized carbons (Fsp3) is 0.263. The summed E-state index contributed by atoms with van der Waals surface area (Å²) in [5, 5.41) is 11.6. The minimum Gasteiger partial charge on any atom is -0.493 e. The average Bonchev–Trinajstić information content (AvgIpc) is 2.60. The summed E-state index contributed by atoms with van der Waals surface area (Å²) in [6, 6.07) is 12.5. The Balaban J connectivity index is 2.00. The van der Waals surface area contributed by atoms with Crippen LogP contribution in [0.25, 0.3) is 0 Å². The molecule has 132 valence electrons. The van der Waals surface area contributed by atoms with Crippen molar-refractivity contribution < 1.29 is 24.2 Å². The molecule has 0 aliphatic rings. The van der Waals surface area contributed by atoms with Crippen LogP contribution in [0.5, 0.6) is 11.5 Å². The number of nitrogens with one attached hydrogen (secondary N) is 1. The molecule has 2 rings (SSSR count). The summed E-state index contributed by atoms with van der Waals surface area (Å²) in [5.74, 6) is 0.173. The second-order valence-corrected chi connectivity index (χ2v) is 5.51. The van der Waals surface area contributed by atoms with Crippen LogP contribution in [-0.2, 0) is 22.4 Å². The van der Waals surface area contributed by atoms with Crippen LogP contribution >= 0.6 is 0 Å². The Morgan fingerprint density at radius 1 is 1.00 bits per heavy atom. The summed E-state index contributed by atoms with van der Waals surface area (Å²) in [4.78, 5) is 22.9. The lowest BCUT2D eigenvalue weighted by atomic mass is 10.1. The molecule has 0 fully saturated rings. The minimum absolute atomic E-state index is 0.0586. The van der Waals surface area contributed by atoms with Gasteiger partial charge < -0.3 is 19.9 Å². The number of aryl methyl sites for hydroxylation is 1. The number of benzene rings is 2. The van der Waals surface area contributed by atoms with Gasteiger partial charge in [-0.05, 0) is 41.8 Å². The summed E-state index contributed by atoms with van der Waals surface area (Å²) in [6.45, 7) is 0. The van der Waals surface area contributed by atoms with E-state index >= 15 is 0 Å². The van der Waals surface area contributed by atoms with E-state index in [0.717, 1.165) is 11.1 Å². The molecule has 1 amide bonds. The van der Waals surface area contributed by atoms with Crippen molar-refractivity contribution in [3.8, 4) is 11.5 Å². The fourth-order valence-electron chi connectivity index (χ4n) is 2.44. The second-order valence-electron chi connectivity index (χ2n) is 5.51. The van der Waals surface area contributed by atoms with Crippen LogP contribution in [0.15, 0.2) is 42.5 Å². The van der Waals surface area contributed by atoms with Crippen molar-refractivity contribution in [1.29, 1.82) is 0 Å². The molecule has 2 N–H and O–H groups in total. The van der Waals surface area contributed by atoms with Crippen molar-refractivity contribution in [3.63, 3.8) is 0 Å². The Bertz CT molecular complexity index is 757. The monoisotopic (exact) mass is 343 g/mol. The summed E-state index contributed by atoms with van der Waals surface area (Å²) in [5.41, 5.74) is 2.32. The lowest BCUT2D eigenvalue weighted by molar-refractivity contribution is -0.137. The number of amides is 1. The lowest BCUT2D eigenvalue weighted by Gasteiger charge is -2.10. The first kappa shape index (κ1) is 18.3. The number of hydrogen-bond donors (Lipinski definition) is 2. The number of carboxylic acids is 1. The number of hydrogen-bond acceptors (Lipinski definition) is 4. The Morgan fingerprint density at radius 2 is 1.76 bits per heavy atom. The van der Waals surface area contributed by atoms with Crippen molar-refractivity contribution >= 4 is 17.6 Å². The maximum atomic E-state index is 12.2. The third-order valence-electron chi connectivity index (χ3n) is 3.65. The molecule has 0 unspecified atom stereocenters. The molecule has 0 aliphatic carbocycles. The number of carboxylic acid groups (broad SMARTS) is 1. The van der Waals surface area contributed by atoms with Crippen LogP contribution in [0, 0.1) is 0 Å². The second kappa shape index (κ2) is 8.73. The molecule has 25 heavy (non-hydrogen) atoms. The van der Waals surface area contributed by atoms with Crippen molar-refractivity contribution in [2.75, 3.05) is 19.5 Å². The van der Waals surface area contributed by atoms with Crippen molar-refractivity contribution in [1.82, 2.24) is 0 Å². The number of carbonyl (C=O) groups is 2. The highest BCUT2D eigenvalue weighted by molar-refractivity contribution is 5.92. The van der Waals surface area contributed by atoms with Gasteiger partial charge in [-0.25, -0.2) is 0 Å². The molecule has 2 aromatic rings. The largest absolute Gasteiger partial charge is 0.493 e. The number of rotatable bonds is 8. The summed E-state index contributed by atoms with van der Waals surface area (Å²) >= 11 is 0. The highest BCUT2D eigenvalue weighted by Gasteiger charge is 2.09. The van der Waals surface area contributed by atoms with Crippen LogP contribution < -0.4 is 14.8 Å². The number of ether oxygens (including phenoxy) is 2. The number of aliphatic carboxylic acids is 1. The standard InChI is InChI=1S/C19H21NO5/c1-24-16-8-6-14(11-17(16)25-2)12-18(21)20-15-5-3-4-13(10-15)7-9-19(22)23/h3-6,8,10-11H,7,9,12H2,1-2H3,(H,20,21)(H,22,23). The maximum absolute atomic E-state index is 12.2. The third kappa shape index (κ3) is 5.53. The molecule has 0 atom stereocenters. The molecule has 2 aromatic carbocycles. The van der Waals surface area contributed by atoms with E-state index in [1.54, 1.807) is 44.6 Å². The number of carbonyl (C=O) groups excluding carboxylic acids is 1. The Morgan fingerprint density at radius 3 is 2.44 bits per heavy atom. The molecule has 0 aliphatic heterocycles. The van der Waals surface area contributed by atoms with E-state index in [1.165, 1.54) is 0 Å². The molecule has 0 bridgehead atoms. The summed E-state index contributed by atoms with van der Waals surface area (Å²) in [6.07, 6.45) is 0.678. The molecule has 0 radical (unpaired) electrons. The Hall–Kier alpha value is -3.02.